The van der Waals surface area contributed by atoms with Gasteiger partial charge in [-0.2, -0.15) is 0 Å². The van der Waals surface area contributed by atoms with Crippen molar-refractivity contribution in [2.45, 2.75) is 226 Å². The van der Waals surface area contributed by atoms with Crippen LogP contribution >= 0.6 is 0 Å². The van der Waals surface area contributed by atoms with Crippen LogP contribution in [0.2, 0.25) is 0 Å². The van der Waals surface area contributed by atoms with Crippen molar-refractivity contribution >= 4 is 17.9 Å². The minimum Gasteiger partial charge on any atom is -0.462 e. The Hall–Kier alpha value is -3.41. The Bertz CT molecular complexity index is 1190. The molecule has 1 unspecified atom stereocenters. The second kappa shape index (κ2) is 48.3. The van der Waals surface area contributed by atoms with E-state index in [1.165, 1.54) is 96.3 Å². The Morgan fingerprint density at radius 3 is 1.15 bits per heavy atom. The molecule has 60 heavy (non-hydrogen) atoms. The number of unbranched alkanes of at least 4 members (excludes halogenated alkanes) is 19. The summed E-state index contributed by atoms with van der Waals surface area (Å²) in [5, 5.41) is 0. The van der Waals surface area contributed by atoms with E-state index in [0.29, 0.717) is 19.3 Å². The second-order valence-electron chi connectivity index (χ2n) is 16.0. The quantitative estimate of drug-likeness (QED) is 0.0200. The number of carbonyl (C=O) groups is 3. The van der Waals surface area contributed by atoms with Crippen molar-refractivity contribution in [1.82, 2.24) is 0 Å². The lowest BCUT2D eigenvalue weighted by molar-refractivity contribution is -0.167. The van der Waals surface area contributed by atoms with Crippen LogP contribution in [0.4, 0.5) is 0 Å². The Kier molecular flexibility index (Phi) is 45.5. The molecule has 0 aromatic heterocycles. The predicted octanol–water partition coefficient (Wildman–Crippen LogP) is 16.0. The van der Waals surface area contributed by atoms with Crippen molar-refractivity contribution in [1.29, 1.82) is 0 Å². The molecule has 0 spiro atoms. The van der Waals surface area contributed by atoms with Gasteiger partial charge in [0.05, 0.1) is 0 Å². The van der Waals surface area contributed by atoms with Crippen molar-refractivity contribution in [2.24, 2.45) is 0 Å². The molecule has 0 saturated heterocycles. The molecule has 1 atom stereocenters. The van der Waals surface area contributed by atoms with E-state index in [0.717, 1.165) is 70.6 Å². The first-order valence-electron chi connectivity index (χ1n) is 24.6. The Morgan fingerprint density at radius 2 is 0.667 bits per heavy atom. The highest BCUT2D eigenvalue weighted by atomic mass is 16.6. The summed E-state index contributed by atoms with van der Waals surface area (Å²) in [6.07, 6.45) is 61.5. The summed E-state index contributed by atoms with van der Waals surface area (Å²) in [7, 11) is 0. The maximum Gasteiger partial charge on any atom is 0.306 e. The number of hydrogen-bond acceptors (Lipinski definition) is 6. The van der Waals surface area contributed by atoms with Gasteiger partial charge in [0, 0.05) is 19.3 Å². The standard InChI is InChI=1S/C54H90O6/c1-4-7-10-13-16-19-21-23-25-27-29-30-32-35-38-41-44-47-53(56)59-50-51(49-58-52(55)46-43-40-37-34-18-15-12-9-6-3)60-54(57)48-45-42-39-36-33-31-28-26-24-22-20-17-14-11-8-5-2/h16,19,23,25-26,28-31,33-35,37-38,51H,4-15,17-18,20-22,24,27,32,36,39-50H2,1-3H3/b19-16-,25-23-,28-26-,30-29-,33-31-,37-34-,38-35-. The van der Waals surface area contributed by atoms with Crippen molar-refractivity contribution < 1.29 is 28.6 Å². The minimum atomic E-state index is -0.822. The fourth-order valence-corrected chi connectivity index (χ4v) is 6.37. The average molecular weight is 835 g/mol. The fourth-order valence-electron chi connectivity index (χ4n) is 6.37. The zero-order chi connectivity index (χ0) is 43.7. The van der Waals surface area contributed by atoms with E-state index in [1.807, 2.05) is 0 Å². The van der Waals surface area contributed by atoms with Gasteiger partial charge in [0.25, 0.3) is 0 Å². The highest BCUT2D eigenvalue weighted by Crippen LogP contribution is 2.11. The van der Waals surface area contributed by atoms with Crippen LogP contribution in [0.15, 0.2) is 85.1 Å². The SMILES string of the molecule is CCCCC/C=C\C/C=C\C/C=C\C/C=C\CCCC(=O)OCC(COC(=O)CCC/C=C\CCCCCC)OC(=O)CCCCC/C=C\C=C/CCCCCCCCC. The molecule has 0 aromatic carbocycles. The van der Waals surface area contributed by atoms with E-state index >= 15 is 0 Å². The molecule has 0 rings (SSSR count). The first kappa shape index (κ1) is 56.6. The summed E-state index contributed by atoms with van der Waals surface area (Å²) in [4.78, 5) is 37.8. The van der Waals surface area contributed by atoms with Crippen LogP contribution in [0.5, 0.6) is 0 Å². The van der Waals surface area contributed by atoms with Crippen LogP contribution in [0.3, 0.4) is 0 Å². The molecule has 0 fully saturated rings. The van der Waals surface area contributed by atoms with E-state index in [1.54, 1.807) is 0 Å². The summed E-state index contributed by atoms with van der Waals surface area (Å²) >= 11 is 0. The summed E-state index contributed by atoms with van der Waals surface area (Å²) < 4.78 is 16.6. The lowest BCUT2D eigenvalue weighted by atomic mass is 10.1. The molecule has 6 nitrogen and oxygen atoms in total. The highest BCUT2D eigenvalue weighted by molar-refractivity contribution is 5.71. The molecular formula is C54H90O6. The van der Waals surface area contributed by atoms with E-state index in [-0.39, 0.29) is 44.0 Å². The highest BCUT2D eigenvalue weighted by Gasteiger charge is 2.19. The third-order valence-corrected chi connectivity index (χ3v) is 10.1. The molecule has 6 heteroatoms. The number of rotatable bonds is 43. The summed E-state index contributed by atoms with van der Waals surface area (Å²) in [5.41, 5.74) is 0. The van der Waals surface area contributed by atoms with E-state index < -0.39 is 6.10 Å². The average Bonchev–Trinajstić information content (AvgIpc) is 3.24. The smallest absolute Gasteiger partial charge is 0.306 e. The van der Waals surface area contributed by atoms with Crippen LogP contribution in [0, 0.1) is 0 Å². The van der Waals surface area contributed by atoms with Gasteiger partial charge in [-0.05, 0) is 103 Å². The molecular weight excluding hydrogens is 745 g/mol. The maximum atomic E-state index is 12.7. The van der Waals surface area contributed by atoms with E-state index in [9.17, 15) is 14.4 Å². The van der Waals surface area contributed by atoms with Crippen molar-refractivity contribution in [3.63, 3.8) is 0 Å². The Balaban J connectivity index is 4.51. The van der Waals surface area contributed by atoms with Crippen molar-refractivity contribution in [3.8, 4) is 0 Å². The van der Waals surface area contributed by atoms with Gasteiger partial charge in [0.15, 0.2) is 6.10 Å². The third-order valence-electron chi connectivity index (χ3n) is 10.1. The van der Waals surface area contributed by atoms with Gasteiger partial charge in [-0.15, -0.1) is 0 Å². The summed E-state index contributed by atoms with van der Waals surface area (Å²) in [6.45, 7) is 6.46. The maximum absolute atomic E-state index is 12.7. The van der Waals surface area contributed by atoms with Gasteiger partial charge in [0.2, 0.25) is 0 Å². The first-order valence-corrected chi connectivity index (χ1v) is 24.6. The Labute approximate surface area is 369 Å². The monoisotopic (exact) mass is 835 g/mol. The minimum absolute atomic E-state index is 0.120. The molecule has 0 aliphatic heterocycles. The van der Waals surface area contributed by atoms with Crippen LogP contribution in [-0.2, 0) is 28.6 Å². The van der Waals surface area contributed by atoms with Gasteiger partial charge < -0.3 is 14.2 Å². The molecule has 0 saturated carbocycles. The van der Waals surface area contributed by atoms with Crippen molar-refractivity contribution in [2.75, 3.05) is 13.2 Å². The largest absolute Gasteiger partial charge is 0.462 e. The number of ether oxygens (including phenoxy) is 3. The van der Waals surface area contributed by atoms with Crippen LogP contribution < -0.4 is 0 Å². The molecule has 0 aliphatic carbocycles. The third kappa shape index (κ3) is 45.7. The molecule has 0 bridgehead atoms. The number of carbonyl (C=O) groups excluding carboxylic acids is 3. The van der Waals surface area contributed by atoms with Gasteiger partial charge in [0.1, 0.15) is 13.2 Å². The first-order chi connectivity index (χ1) is 29.5. The summed E-state index contributed by atoms with van der Waals surface area (Å²) in [5.74, 6) is -1.04. The molecule has 342 valence electrons. The van der Waals surface area contributed by atoms with Crippen LogP contribution in [-0.4, -0.2) is 37.2 Å². The second-order valence-corrected chi connectivity index (χ2v) is 16.0. The van der Waals surface area contributed by atoms with Crippen LogP contribution in [0.25, 0.3) is 0 Å². The Morgan fingerprint density at radius 1 is 0.350 bits per heavy atom. The molecule has 0 amide bonds. The number of esters is 3. The zero-order valence-corrected chi connectivity index (χ0v) is 38.9. The number of allylic oxidation sites excluding steroid dienone is 14. The normalized spacial score (nSPS) is 12.8. The molecule has 0 N–H and O–H groups in total. The van der Waals surface area contributed by atoms with Gasteiger partial charge in [-0.25, -0.2) is 0 Å². The molecule has 0 aromatic rings. The van der Waals surface area contributed by atoms with Gasteiger partial charge in [-0.1, -0.05) is 183 Å². The predicted molar refractivity (Wildman–Crippen MR) is 256 cm³/mol. The van der Waals surface area contributed by atoms with E-state index in [2.05, 4.69) is 106 Å². The number of hydrogen-bond donors (Lipinski definition) is 0. The fraction of sp³-hybridized carbons (Fsp3) is 0.685. The van der Waals surface area contributed by atoms with E-state index in [4.69, 9.17) is 14.2 Å². The van der Waals surface area contributed by atoms with Gasteiger partial charge >= 0.3 is 17.9 Å². The zero-order valence-electron chi connectivity index (χ0n) is 38.9. The lowest BCUT2D eigenvalue weighted by Crippen LogP contribution is -2.30. The lowest BCUT2D eigenvalue weighted by Gasteiger charge is -2.18. The summed E-state index contributed by atoms with van der Waals surface area (Å²) in [6, 6.07) is 0. The molecule has 0 heterocycles. The van der Waals surface area contributed by atoms with Gasteiger partial charge in [-0.3, -0.25) is 14.4 Å². The van der Waals surface area contributed by atoms with Crippen molar-refractivity contribution in [3.05, 3.63) is 85.1 Å². The topological polar surface area (TPSA) is 78.9 Å². The van der Waals surface area contributed by atoms with Crippen LogP contribution in [0.1, 0.15) is 220 Å². The molecule has 0 aliphatic rings. The molecule has 0 radical (unpaired) electrons.